The molecule has 0 spiro atoms. The summed E-state index contributed by atoms with van der Waals surface area (Å²) in [5.74, 6) is -0.131. The molecule has 0 bridgehead atoms. The summed E-state index contributed by atoms with van der Waals surface area (Å²) >= 11 is 0. The average Bonchev–Trinajstić information content (AvgIpc) is 2.38. The molecule has 21 heavy (non-hydrogen) atoms. The average molecular weight is 315 g/mol. The maximum Gasteiger partial charge on any atom is 0.237 e. The van der Waals surface area contributed by atoms with E-state index in [1.54, 1.807) is 0 Å². The summed E-state index contributed by atoms with van der Waals surface area (Å²) < 4.78 is 5.59. The Morgan fingerprint density at radius 3 is 2.38 bits per heavy atom. The molecule has 0 aliphatic heterocycles. The number of nitrogens with one attached hydrogen (secondary N) is 1. The van der Waals surface area contributed by atoms with Crippen LogP contribution in [0.15, 0.2) is 30.3 Å². The number of carbonyl (C=O) groups excluding carboxylic acids is 1. The van der Waals surface area contributed by atoms with Crippen molar-refractivity contribution in [2.75, 3.05) is 6.61 Å². The quantitative estimate of drug-likeness (QED) is 0.848. The molecule has 0 saturated carbocycles. The van der Waals surface area contributed by atoms with E-state index in [9.17, 15) is 4.79 Å². The topological polar surface area (TPSA) is 64.3 Å². The van der Waals surface area contributed by atoms with Gasteiger partial charge in [-0.2, -0.15) is 0 Å². The minimum Gasteiger partial charge on any atom is -0.375 e. The summed E-state index contributed by atoms with van der Waals surface area (Å²) in [5, 5.41) is 2.88. The van der Waals surface area contributed by atoms with Gasteiger partial charge in [0, 0.05) is 6.04 Å². The molecule has 0 heterocycles. The van der Waals surface area contributed by atoms with Crippen LogP contribution < -0.4 is 11.1 Å². The molecule has 120 valence electrons. The van der Waals surface area contributed by atoms with Crippen LogP contribution in [0, 0.1) is 5.41 Å². The molecular weight excluding hydrogens is 288 g/mol. The van der Waals surface area contributed by atoms with Gasteiger partial charge in [0.2, 0.25) is 5.91 Å². The van der Waals surface area contributed by atoms with E-state index in [-0.39, 0.29) is 29.8 Å². The maximum absolute atomic E-state index is 11.9. The Balaban J connectivity index is 0.00000400. The second-order valence-electron chi connectivity index (χ2n) is 6.25. The molecule has 3 N–H and O–H groups in total. The highest BCUT2D eigenvalue weighted by Gasteiger charge is 2.28. The van der Waals surface area contributed by atoms with Crippen molar-refractivity contribution < 1.29 is 9.53 Å². The van der Waals surface area contributed by atoms with Crippen LogP contribution in [0.4, 0.5) is 0 Å². The molecule has 1 aromatic rings. The molecule has 0 aromatic heterocycles. The van der Waals surface area contributed by atoms with Crippen molar-refractivity contribution in [2.45, 2.75) is 46.4 Å². The van der Waals surface area contributed by atoms with Crippen molar-refractivity contribution in [2.24, 2.45) is 11.1 Å². The standard InChI is InChI=1S/C16H26N2O2.ClH/c1-12(18-15(19)14(17)16(2,3)4)10-20-11-13-8-6-5-7-9-13;/h5-9,12,14H,10-11,17H2,1-4H3,(H,18,19);1H/t12?,14-;/m1./s1. The Labute approximate surface area is 133 Å². The second kappa shape index (κ2) is 9.03. The Hall–Kier alpha value is -1.10. The van der Waals surface area contributed by atoms with Gasteiger partial charge in [0.1, 0.15) is 0 Å². The van der Waals surface area contributed by atoms with Gasteiger partial charge in [-0.25, -0.2) is 0 Å². The van der Waals surface area contributed by atoms with Gasteiger partial charge in [-0.15, -0.1) is 12.4 Å². The monoisotopic (exact) mass is 314 g/mol. The lowest BCUT2D eigenvalue weighted by molar-refractivity contribution is -0.125. The zero-order valence-corrected chi connectivity index (χ0v) is 14.1. The molecule has 1 unspecified atom stereocenters. The van der Waals surface area contributed by atoms with E-state index in [0.717, 1.165) is 5.56 Å². The molecule has 0 aliphatic rings. The lowest BCUT2D eigenvalue weighted by Crippen LogP contribution is -2.51. The minimum absolute atomic E-state index is 0. The van der Waals surface area contributed by atoms with Crippen LogP contribution in [0.2, 0.25) is 0 Å². The lowest BCUT2D eigenvalue weighted by atomic mass is 9.87. The summed E-state index contributed by atoms with van der Waals surface area (Å²) in [7, 11) is 0. The van der Waals surface area contributed by atoms with Crippen molar-refractivity contribution in [1.29, 1.82) is 0 Å². The predicted octanol–water partition coefficient (Wildman–Crippen LogP) is 2.50. The largest absolute Gasteiger partial charge is 0.375 e. The fourth-order valence-electron chi connectivity index (χ4n) is 1.70. The molecule has 1 aromatic carbocycles. The van der Waals surface area contributed by atoms with Crippen molar-refractivity contribution >= 4 is 18.3 Å². The van der Waals surface area contributed by atoms with E-state index < -0.39 is 6.04 Å². The number of rotatable bonds is 6. The number of nitrogens with two attached hydrogens (primary N) is 1. The Kier molecular flexibility index (Phi) is 8.55. The lowest BCUT2D eigenvalue weighted by Gasteiger charge is -2.27. The summed E-state index contributed by atoms with van der Waals surface area (Å²) in [6.07, 6.45) is 0. The molecule has 4 nitrogen and oxygen atoms in total. The van der Waals surface area contributed by atoms with Gasteiger partial charge in [0.15, 0.2) is 0 Å². The van der Waals surface area contributed by atoms with Crippen LogP contribution in [-0.2, 0) is 16.1 Å². The van der Waals surface area contributed by atoms with Crippen LogP contribution >= 0.6 is 12.4 Å². The van der Waals surface area contributed by atoms with Crippen molar-refractivity contribution in [3.05, 3.63) is 35.9 Å². The van der Waals surface area contributed by atoms with E-state index in [1.807, 2.05) is 58.0 Å². The third-order valence-electron chi connectivity index (χ3n) is 3.08. The summed E-state index contributed by atoms with van der Waals surface area (Å²) in [6, 6.07) is 9.38. The zero-order valence-electron chi connectivity index (χ0n) is 13.3. The van der Waals surface area contributed by atoms with E-state index in [4.69, 9.17) is 10.5 Å². The van der Waals surface area contributed by atoms with Gasteiger partial charge in [0.25, 0.3) is 0 Å². The van der Waals surface area contributed by atoms with E-state index in [0.29, 0.717) is 13.2 Å². The first-order valence-corrected chi connectivity index (χ1v) is 6.98. The first-order chi connectivity index (χ1) is 9.30. The van der Waals surface area contributed by atoms with E-state index >= 15 is 0 Å². The van der Waals surface area contributed by atoms with Gasteiger partial charge < -0.3 is 15.8 Å². The molecule has 1 rings (SSSR count). The molecule has 2 atom stereocenters. The first-order valence-electron chi connectivity index (χ1n) is 6.98. The van der Waals surface area contributed by atoms with Gasteiger partial charge in [0.05, 0.1) is 19.3 Å². The van der Waals surface area contributed by atoms with Crippen LogP contribution in [0.25, 0.3) is 0 Å². The summed E-state index contributed by atoms with van der Waals surface area (Å²) in [4.78, 5) is 11.9. The second-order valence-corrected chi connectivity index (χ2v) is 6.25. The van der Waals surface area contributed by atoms with Crippen molar-refractivity contribution in [3.63, 3.8) is 0 Å². The van der Waals surface area contributed by atoms with Crippen LogP contribution in [0.5, 0.6) is 0 Å². The highest BCUT2D eigenvalue weighted by atomic mass is 35.5. The highest BCUT2D eigenvalue weighted by Crippen LogP contribution is 2.17. The summed E-state index contributed by atoms with van der Waals surface area (Å²) in [6.45, 7) is 8.79. The van der Waals surface area contributed by atoms with Gasteiger partial charge in [-0.3, -0.25) is 4.79 Å². The fourth-order valence-corrected chi connectivity index (χ4v) is 1.70. The van der Waals surface area contributed by atoms with Gasteiger partial charge in [-0.05, 0) is 17.9 Å². The maximum atomic E-state index is 11.9. The number of benzene rings is 1. The molecule has 0 radical (unpaired) electrons. The molecular formula is C16H27ClN2O2. The molecule has 0 fully saturated rings. The molecule has 5 heteroatoms. The number of hydrogen-bond acceptors (Lipinski definition) is 3. The zero-order chi connectivity index (χ0) is 15.2. The van der Waals surface area contributed by atoms with E-state index in [2.05, 4.69) is 5.32 Å². The van der Waals surface area contributed by atoms with E-state index in [1.165, 1.54) is 0 Å². The smallest absolute Gasteiger partial charge is 0.237 e. The van der Waals surface area contributed by atoms with Gasteiger partial charge in [-0.1, -0.05) is 51.1 Å². The van der Waals surface area contributed by atoms with Crippen molar-refractivity contribution in [3.8, 4) is 0 Å². The van der Waals surface area contributed by atoms with Crippen molar-refractivity contribution in [1.82, 2.24) is 5.32 Å². The van der Waals surface area contributed by atoms with Crippen LogP contribution in [0.3, 0.4) is 0 Å². The predicted molar refractivity (Wildman–Crippen MR) is 88.4 cm³/mol. The molecule has 0 aliphatic carbocycles. The fraction of sp³-hybridized carbons (Fsp3) is 0.562. The Morgan fingerprint density at radius 1 is 1.29 bits per heavy atom. The number of carbonyl (C=O) groups is 1. The third-order valence-corrected chi connectivity index (χ3v) is 3.08. The first kappa shape index (κ1) is 19.9. The highest BCUT2D eigenvalue weighted by molar-refractivity contribution is 5.85. The normalized spacial score (nSPS) is 14.0. The third kappa shape index (κ3) is 7.46. The Bertz CT molecular complexity index is 418. The van der Waals surface area contributed by atoms with Gasteiger partial charge >= 0.3 is 0 Å². The molecule has 1 amide bonds. The molecule has 0 saturated heterocycles. The Morgan fingerprint density at radius 2 is 1.86 bits per heavy atom. The SMILES string of the molecule is CC(COCc1ccccc1)NC(=O)[C@@H](N)C(C)(C)C.Cl. The number of halogens is 1. The number of ether oxygens (including phenoxy) is 1. The van der Waals surface area contributed by atoms with Crippen LogP contribution in [0.1, 0.15) is 33.3 Å². The van der Waals surface area contributed by atoms with Crippen LogP contribution in [-0.4, -0.2) is 24.6 Å². The minimum atomic E-state index is -0.515. The number of hydrogen-bond donors (Lipinski definition) is 2. The summed E-state index contributed by atoms with van der Waals surface area (Å²) in [5.41, 5.74) is 6.79. The number of amides is 1.